The van der Waals surface area contributed by atoms with Crippen LogP contribution in [0.1, 0.15) is 5.76 Å². The van der Waals surface area contributed by atoms with E-state index in [1.807, 2.05) is 36.0 Å². The average Bonchev–Trinajstić information content (AvgIpc) is 3.08. The van der Waals surface area contributed by atoms with Gasteiger partial charge < -0.3 is 19.5 Å². The zero-order chi connectivity index (χ0) is 13.1. The standard InChI is InChI=1S/C13H15N5O/c1-14-11-9-18-7-6-16-13(18)12(17-11)15-5-4-10-3-2-8-19-10/h2-3,6-9,14H,4-5H2,1H3,(H,15,17). The first-order valence-electron chi connectivity index (χ1n) is 6.14. The summed E-state index contributed by atoms with van der Waals surface area (Å²) in [6.07, 6.45) is 8.05. The van der Waals surface area contributed by atoms with Gasteiger partial charge in [-0.2, -0.15) is 0 Å². The van der Waals surface area contributed by atoms with Crippen molar-refractivity contribution in [2.75, 3.05) is 24.2 Å². The molecule has 2 N–H and O–H groups in total. The normalized spacial score (nSPS) is 10.8. The molecule has 0 aliphatic carbocycles. The molecule has 0 bridgehead atoms. The molecule has 0 fully saturated rings. The predicted octanol–water partition coefficient (Wildman–Crippen LogP) is 2.02. The van der Waals surface area contributed by atoms with E-state index >= 15 is 0 Å². The van der Waals surface area contributed by atoms with Crippen LogP contribution in [0.15, 0.2) is 41.4 Å². The van der Waals surface area contributed by atoms with Crippen LogP contribution in [-0.4, -0.2) is 28.0 Å². The molecule has 0 aliphatic rings. The van der Waals surface area contributed by atoms with Crippen molar-refractivity contribution in [3.8, 4) is 0 Å². The fourth-order valence-corrected chi connectivity index (χ4v) is 1.93. The molecular formula is C13H15N5O. The lowest BCUT2D eigenvalue weighted by atomic mass is 10.3. The number of imidazole rings is 1. The average molecular weight is 257 g/mol. The van der Waals surface area contributed by atoms with E-state index in [1.54, 1.807) is 12.5 Å². The Morgan fingerprint density at radius 1 is 1.42 bits per heavy atom. The largest absolute Gasteiger partial charge is 0.469 e. The van der Waals surface area contributed by atoms with Gasteiger partial charge >= 0.3 is 0 Å². The van der Waals surface area contributed by atoms with Gasteiger partial charge in [-0.15, -0.1) is 0 Å². The van der Waals surface area contributed by atoms with E-state index in [2.05, 4.69) is 20.6 Å². The van der Waals surface area contributed by atoms with E-state index in [4.69, 9.17) is 4.42 Å². The van der Waals surface area contributed by atoms with Crippen LogP contribution in [0.25, 0.3) is 5.65 Å². The highest BCUT2D eigenvalue weighted by molar-refractivity contribution is 5.65. The summed E-state index contributed by atoms with van der Waals surface area (Å²) in [6, 6.07) is 3.85. The molecule has 3 rings (SSSR count). The third-order valence-electron chi connectivity index (χ3n) is 2.87. The topological polar surface area (TPSA) is 67.4 Å². The first-order valence-corrected chi connectivity index (χ1v) is 6.14. The monoisotopic (exact) mass is 257 g/mol. The second-order valence-electron chi connectivity index (χ2n) is 4.14. The molecule has 0 saturated heterocycles. The minimum Gasteiger partial charge on any atom is -0.469 e. The number of nitrogens with zero attached hydrogens (tertiary/aromatic N) is 3. The number of aromatic nitrogens is 3. The van der Waals surface area contributed by atoms with Crippen molar-refractivity contribution >= 4 is 17.3 Å². The Bertz CT molecular complexity index is 659. The maximum atomic E-state index is 5.30. The molecule has 0 unspecified atom stereocenters. The van der Waals surface area contributed by atoms with Gasteiger partial charge in [-0.25, -0.2) is 9.97 Å². The lowest BCUT2D eigenvalue weighted by Crippen LogP contribution is -2.09. The summed E-state index contributed by atoms with van der Waals surface area (Å²) in [5.41, 5.74) is 0.818. The maximum Gasteiger partial charge on any atom is 0.180 e. The van der Waals surface area contributed by atoms with Crippen molar-refractivity contribution < 1.29 is 4.42 Å². The molecule has 98 valence electrons. The van der Waals surface area contributed by atoms with Crippen LogP contribution in [0.5, 0.6) is 0 Å². The molecule has 3 heterocycles. The van der Waals surface area contributed by atoms with Crippen LogP contribution in [0.2, 0.25) is 0 Å². The van der Waals surface area contributed by atoms with Gasteiger partial charge in [0.05, 0.1) is 12.5 Å². The summed E-state index contributed by atoms with van der Waals surface area (Å²) in [5.74, 6) is 2.52. The third kappa shape index (κ3) is 2.37. The van der Waals surface area contributed by atoms with Crippen LogP contribution in [0.4, 0.5) is 11.6 Å². The Kier molecular flexibility index (Phi) is 3.06. The number of rotatable bonds is 5. The fourth-order valence-electron chi connectivity index (χ4n) is 1.93. The summed E-state index contributed by atoms with van der Waals surface area (Å²) < 4.78 is 7.23. The number of anilines is 2. The van der Waals surface area contributed by atoms with Crippen LogP contribution in [0, 0.1) is 0 Å². The molecule has 0 aromatic carbocycles. The second-order valence-corrected chi connectivity index (χ2v) is 4.14. The first-order chi connectivity index (χ1) is 9.36. The molecule has 0 aliphatic heterocycles. The van der Waals surface area contributed by atoms with Crippen molar-refractivity contribution in [3.05, 3.63) is 42.7 Å². The molecule has 0 atom stereocenters. The molecule has 3 aromatic rings. The highest BCUT2D eigenvalue weighted by atomic mass is 16.3. The van der Waals surface area contributed by atoms with Crippen LogP contribution >= 0.6 is 0 Å². The van der Waals surface area contributed by atoms with Gasteiger partial charge in [-0.3, -0.25) is 0 Å². The lowest BCUT2D eigenvalue weighted by Gasteiger charge is -2.08. The highest BCUT2D eigenvalue weighted by Crippen LogP contribution is 2.16. The maximum absolute atomic E-state index is 5.30. The minimum absolute atomic E-state index is 0.746. The molecule has 3 aromatic heterocycles. The second kappa shape index (κ2) is 5.01. The number of furan rings is 1. The third-order valence-corrected chi connectivity index (χ3v) is 2.87. The Labute approximate surface area is 110 Å². The van der Waals surface area contributed by atoms with Crippen molar-refractivity contribution in [2.24, 2.45) is 0 Å². The smallest absolute Gasteiger partial charge is 0.180 e. The van der Waals surface area contributed by atoms with Crippen LogP contribution < -0.4 is 10.6 Å². The van der Waals surface area contributed by atoms with Gasteiger partial charge in [0.15, 0.2) is 11.5 Å². The quantitative estimate of drug-likeness (QED) is 0.732. The van der Waals surface area contributed by atoms with Gasteiger partial charge in [0.25, 0.3) is 0 Å². The zero-order valence-corrected chi connectivity index (χ0v) is 10.6. The van der Waals surface area contributed by atoms with Crippen molar-refractivity contribution in [1.29, 1.82) is 0 Å². The number of fused-ring (bicyclic) bond motifs is 1. The lowest BCUT2D eigenvalue weighted by molar-refractivity contribution is 0.513. The van der Waals surface area contributed by atoms with Gasteiger partial charge in [-0.1, -0.05) is 0 Å². The van der Waals surface area contributed by atoms with E-state index in [1.165, 1.54) is 0 Å². The van der Waals surface area contributed by atoms with E-state index < -0.39 is 0 Å². The molecule has 0 saturated carbocycles. The van der Waals surface area contributed by atoms with E-state index in [0.717, 1.165) is 36.0 Å². The zero-order valence-electron chi connectivity index (χ0n) is 10.6. The molecule has 0 spiro atoms. The summed E-state index contributed by atoms with van der Waals surface area (Å²) in [5, 5.41) is 6.33. The predicted molar refractivity (Wildman–Crippen MR) is 73.4 cm³/mol. The molecule has 0 amide bonds. The van der Waals surface area contributed by atoms with E-state index in [0.29, 0.717) is 0 Å². The van der Waals surface area contributed by atoms with Gasteiger partial charge in [-0.05, 0) is 12.1 Å². The Balaban J connectivity index is 1.77. The van der Waals surface area contributed by atoms with Gasteiger partial charge in [0, 0.05) is 32.4 Å². The van der Waals surface area contributed by atoms with Gasteiger partial charge in [0.1, 0.15) is 11.6 Å². The van der Waals surface area contributed by atoms with Crippen molar-refractivity contribution in [1.82, 2.24) is 14.4 Å². The summed E-state index contributed by atoms with van der Waals surface area (Å²) >= 11 is 0. The Morgan fingerprint density at radius 2 is 2.37 bits per heavy atom. The minimum atomic E-state index is 0.746. The number of nitrogens with one attached hydrogen (secondary N) is 2. The van der Waals surface area contributed by atoms with Crippen LogP contribution in [0.3, 0.4) is 0 Å². The summed E-state index contributed by atoms with van der Waals surface area (Å²) in [6.45, 7) is 0.746. The van der Waals surface area contributed by atoms with E-state index in [-0.39, 0.29) is 0 Å². The highest BCUT2D eigenvalue weighted by Gasteiger charge is 2.06. The van der Waals surface area contributed by atoms with Crippen molar-refractivity contribution in [2.45, 2.75) is 6.42 Å². The SMILES string of the molecule is CNc1cn2ccnc2c(NCCc2ccco2)n1. The summed E-state index contributed by atoms with van der Waals surface area (Å²) in [7, 11) is 1.84. The number of hydrogen-bond acceptors (Lipinski definition) is 5. The number of hydrogen-bond donors (Lipinski definition) is 2. The first kappa shape index (κ1) is 11.6. The van der Waals surface area contributed by atoms with Crippen molar-refractivity contribution in [3.63, 3.8) is 0 Å². The molecule has 0 radical (unpaired) electrons. The molecule has 19 heavy (non-hydrogen) atoms. The van der Waals surface area contributed by atoms with Crippen LogP contribution in [-0.2, 0) is 6.42 Å². The van der Waals surface area contributed by atoms with E-state index in [9.17, 15) is 0 Å². The molecule has 6 nitrogen and oxygen atoms in total. The Morgan fingerprint density at radius 3 is 3.16 bits per heavy atom. The fraction of sp³-hybridized carbons (Fsp3) is 0.231. The molecule has 6 heteroatoms. The van der Waals surface area contributed by atoms with Gasteiger partial charge in [0.2, 0.25) is 0 Å². The molecular weight excluding hydrogens is 242 g/mol. The summed E-state index contributed by atoms with van der Waals surface area (Å²) in [4.78, 5) is 8.77. The Hall–Kier alpha value is -2.50.